The van der Waals surface area contributed by atoms with Crippen molar-refractivity contribution in [3.05, 3.63) is 0 Å². The first-order valence-corrected chi connectivity index (χ1v) is 13.1. The van der Waals surface area contributed by atoms with Crippen LogP contribution >= 0.6 is 0 Å². The molecule has 0 saturated carbocycles. The molecule has 0 aliphatic rings. The highest BCUT2D eigenvalue weighted by atomic mass is 29.5. The third-order valence-corrected chi connectivity index (χ3v) is 0. The van der Waals surface area contributed by atoms with Gasteiger partial charge in [0.15, 0.2) is 0 Å². The highest BCUT2D eigenvalue weighted by Gasteiger charge is 1.40. The number of nitrogens with zero attached hydrogens (tertiary/aromatic N) is 4. The van der Waals surface area contributed by atoms with Gasteiger partial charge in [0.05, 0.1) is 0 Å². The molecule has 0 unspecified atom stereocenters. The summed E-state index contributed by atoms with van der Waals surface area (Å²) in [5.74, 6) is 0. The summed E-state index contributed by atoms with van der Waals surface area (Å²) in [5.41, 5.74) is 0. The lowest BCUT2D eigenvalue weighted by molar-refractivity contribution is 1.15. The summed E-state index contributed by atoms with van der Waals surface area (Å²) < 4.78 is 0. The molecule has 0 aliphatic heterocycles. The van der Waals surface area contributed by atoms with Crippen molar-refractivity contribution in [3.63, 3.8) is 0 Å². The summed E-state index contributed by atoms with van der Waals surface area (Å²) in [7, 11) is 3.83. The lowest BCUT2D eigenvalue weighted by atomic mass is 12.0. The Labute approximate surface area is 57.8 Å². The normalized spacial score (nSPS) is 5.00. The predicted octanol–water partition coefficient (Wildman–Crippen LogP) is -2.59. The van der Waals surface area contributed by atoms with Crippen molar-refractivity contribution in [2.45, 2.75) is 7.43 Å². The Kier molecular flexibility index (Phi) is 2630. The minimum absolute atomic E-state index is 0. The van der Waals surface area contributed by atoms with E-state index in [1.165, 1.54) is 0 Å². The molecule has 4 nitrogen and oxygen atoms in total. The van der Waals surface area contributed by atoms with E-state index < -0.39 is 0 Å². The molecule has 48 valence electrons. The van der Waals surface area contributed by atoms with Gasteiger partial charge in [0, 0.05) is 21.6 Å². The van der Waals surface area contributed by atoms with Crippen molar-refractivity contribution in [1.29, 1.82) is 21.6 Å². The second kappa shape index (κ2) is 813. The molecule has 0 aromatic rings. The lowest BCUT2D eigenvalue weighted by Crippen LogP contribution is -1.79. The van der Waals surface area contributed by atoms with Crippen LogP contribution in [0, 0.1) is 21.6 Å². The minimum atomic E-state index is 0. The Morgan fingerprint density at radius 2 is 0.875 bits per heavy atom. The van der Waals surface area contributed by atoms with Gasteiger partial charge < -0.3 is 0 Å². The molecule has 0 aliphatic carbocycles. The van der Waals surface area contributed by atoms with Crippen LogP contribution in [0.5, 0.6) is 0 Å². The zero-order valence-corrected chi connectivity index (χ0v) is 9.91. The monoisotopic (exact) mass is 164 g/mol. The maximum Gasteiger partial charge on any atom is 0 e. The fourth-order valence-corrected chi connectivity index (χ4v) is 0. The van der Waals surface area contributed by atoms with E-state index in [1.54, 1.807) is 19.5 Å². The molecule has 0 amide bonds. The van der Waals surface area contributed by atoms with Gasteiger partial charge in [-0.2, -0.15) is 0 Å². The van der Waals surface area contributed by atoms with Crippen molar-refractivity contribution >= 4 is 28.1 Å². The predicted molar refractivity (Wildman–Crippen MR) is 42.1 cm³/mol. The van der Waals surface area contributed by atoms with E-state index in [1.807, 2.05) is 0 Å². The molecule has 7 heteroatoms. The molecular weight excluding hydrogens is 152 g/mol. The number of hydrogen-bond acceptors (Lipinski definition) is 4. The topological polar surface area (TPSA) is 95.2 Å². The highest BCUT2D eigenvalue weighted by molar-refractivity contribution is 7.17. The van der Waals surface area contributed by atoms with E-state index in [-0.39, 0.29) is 7.43 Å². The standard InChI is InChI=1S/CH4.2N2.H8Si3/c;2*1-2;1-3-2/h1H4;;;3H2,1-2H3. The summed E-state index contributed by atoms with van der Waals surface area (Å²) in [4.78, 5) is 0. The molecule has 0 atom stereocenters. The fourth-order valence-electron chi connectivity index (χ4n) is 0. The van der Waals surface area contributed by atoms with Gasteiger partial charge in [0.1, 0.15) is 0 Å². The van der Waals surface area contributed by atoms with Gasteiger partial charge in [-0.1, -0.05) is 7.43 Å². The van der Waals surface area contributed by atoms with E-state index in [0.717, 1.165) is 0 Å². The Morgan fingerprint density at radius 3 is 0.875 bits per heavy atom. The summed E-state index contributed by atoms with van der Waals surface area (Å²) in [5, 5.41) is 24.0. The fraction of sp³-hybridized carbons (Fsp3) is 1.00. The average molecular weight is 164 g/mol. The van der Waals surface area contributed by atoms with Crippen LogP contribution in [-0.4, -0.2) is 28.1 Å². The smallest absolute Gasteiger partial charge is 0 e. The van der Waals surface area contributed by atoms with Gasteiger partial charge in [0.2, 0.25) is 0 Å². The van der Waals surface area contributed by atoms with Crippen LogP contribution in [0.1, 0.15) is 7.43 Å². The summed E-state index contributed by atoms with van der Waals surface area (Å²) in [6, 6.07) is 0. The molecule has 0 bridgehead atoms. The van der Waals surface area contributed by atoms with Crippen LogP contribution in [0.4, 0.5) is 0 Å². The highest BCUT2D eigenvalue weighted by Crippen LogP contribution is 1.03. The lowest BCUT2D eigenvalue weighted by Gasteiger charge is -1.42. The first-order chi connectivity index (χ1) is 3.41. The minimum Gasteiger partial charge on any atom is -0.0776 e. The first-order valence-electron chi connectivity index (χ1n) is 1.81. The van der Waals surface area contributed by atoms with Crippen molar-refractivity contribution in [3.8, 4) is 0 Å². The Morgan fingerprint density at radius 1 is 0.875 bits per heavy atom. The quantitative estimate of drug-likeness (QED) is 0.290. The molecular formula is CH12N4Si3. The summed E-state index contributed by atoms with van der Waals surface area (Å²) in [6.45, 7) is 0. The third-order valence-electron chi connectivity index (χ3n) is 0. The molecule has 8 heavy (non-hydrogen) atoms. The molecule has 0 rings (SSSR count). The van der Waals surface area contributed by atoms with E-state index in [2.05, 4.69) is 0 Å². The van der Waals surface area contributed by atoms with Crippen molar-refractivity contribution in [2.24, 2.45) is 0 Å². The maximum atomic E-state index is 6.00. The molecule has 0 N–H and O–H groups in total. The van der Waals surface area contributed by atoms with E-state index in [9.17, 15) is 0 Å². The molecule has 0 aromatic heterocycles. The number of hydrogen-bond donors (Lipinski definition) is 0. The Hall–Kier alpha value is -0.509. The maximum absolute atomic E-state index is 6.00. The van der Waals surface area contributed by atoms with E-state index in [0.29, 0.717) is 8.55 Å². The van der Waals surface area contributed by atoms with Crippen molar-refractivity contribution in [1.82, 2.24) is 0 Å². The van der Waals surface area contributed by atoms with Gasteiger partial charge in [-0.05, 0) is 28.1 Å². The van der Waals surface area contributed by atoms with Crippen LogP contribution in [0.3, 0.4) is 0 Å². The molecule has 0 aromatic carbocycles. The summed E-state index contributed by atoms with van der Waals surface area (Å²) in [6.07, 6.45) is 0. The van der Waals surface area contributed by atoms with Crippen LogP contribution < -0.4 is 0 Å². The SMILES string of the molecule is C.N#N.N#N.[SiH3][SiH2][SiH3]. The van der Waals surface area contributed by atoms with E-state index >= 15 is 0 Å². The molecule has 0 fully saturated rings. The van der Waals surface area contributed by atoms with Crippen LogP contribution in [0.25, 0.3) is 0 Å². The van der Waals surface area contributed by atoms with Gasteiger partial charge >= 0.3 is 0 Å². The Balaban J connectivity index is -0.0000000147. The van der Waals surface area contributed by atoms with E-state index in [4.69, 9.17) is 21.6 Å². The second-order valence-electron chi connectivity index (χ2n) is 0.707. The largest absolute Gasteiger partial charge is 0.0776 e. The molecule has 0 saturated heterocycles. The zero-order valence-electron chi connectivity index (χ0n) is 4.50. The van der Waals surface area contributed by atoms with Crippen LogP contribution in [0.15, 0.2) is 0 Å². The molecule has 0 radical (unpaired) electrons. The summed E-state index contributed by atoms with van der Waals surface area (Å²) >= 11 is 0. The van der Waals surface area contributed by atoms with Crippen molar-refractivity contribution in [2.75, 3.05) is 0 Å². The van der Waals surface area contributed by atoms with Gasteiger partial charge in [-0.3, -0.25) is 0 Å². The molecule has 0 heterocycles. The Bertz CT molecular complexity index is 35.0. The van der Waals surface area contributed by atoms with Crippen molar-refractivity contribution < 1.29 is 0 Å². The van der Waals surface area contributed by atoms with Gasteiger partial charge in [-0.25, -0.2) is 0 Å². The third kappa shape index (κ3) is 427. The van der Waals surface area contributed by atoms with Gasteiger partial charge in [0.25, 0.3) is 0 Å². The van der Waals surface area contributed by atoms with Gasteiger partial charge in [-0.15, -0.1) is 0 Å². The zero-order chi connectivity index (χ0) is 6.71. The first kappa shape index (κ1) is 25.9. The number of rotatable bonds is 0. The average Bonchev–Trinajstić information content (AvgIpc) is 1.78. The second-order valence-corrected chi connectivity index (χ2v) is 19.1. The van der Waals surface area contributed by atoms with Crippen LogP contribution in [-0.2, 0) is 0 Å². The molecule has 0 spiro atoms. The van der Waals surface area contributed by atoms with Crippen LogP contribution in [0.2, 0.25) is 0 Å².